The third-order valence-corrected chi connectivity index (χ3v) is 9.15. The van der Waals surface area contributed by atoms with E-state index in [-0.39, 0.29) is 0 Å². The molecular weight excluding hydrogens is 496 g/mol. The molecule has 0 N–H and O–H groups in total. The van der Waals surface area contributed by atoms with E-state index in [2.05, 4.69) is 133 Å². The molecule has 0 spiro atoms. The molecular formula is C40H22O. The Balaban J connectivity index is 1.41. The lowest BCUT2D eigenvalue weighted by Crippen LogP contribution is -1.99. The zero-order chi connectivity index (χ0) is 26.7. The Labute approximate surface area is 236 Å². The lowest BCUT2D eigenvalue weighted by molar-refractivity contribution is 0.493. The number of benzene rings is 8. The van der Waals surface area contributed by atoms with Crippen molar-refractivity contribution < 1.29 is 4.74 Å². The molecule has 8 aromatic rings. The minimum absolute atomic E-state index is 0.927. The molecule has 8 aromatic carbocycles. The molecule has 1 aliphatic carbocycles. The highest BCUT2D eigenvalue weighted by Crippen LogP contribution is 2.57. The summed E-state index contributed by atoms with van der Waals surface area (Å²) >= 11 is 0. The first-order chi connectivity index (χ1) is 20.3. The summed E-state index contributed by atoms with van der Waals surface area (Å²) in [6.07, 6.45) is 0. The van der Waals surface area contributed by atoms with Crippen molar-refractivity contribution in [2.45, 2.75) is 0 Å². The van der Waals surface area contributed by atoms with Gasteiger partial charge in [-0.25, -0.2) is 0 Å². The van der Waals surface area contributed by atoms with Gasteiger partial charge >= 0.3 is 0 Å². The Hall–Kier alpha value is -5.40. The minimum atomic E-state index is 0.927. The summed E-state index contributed by atoms with van der Waals surface area (Å²) in [6.45, 7) is 0. The van der Waals surface area contributed by atoms with E-state index in [1.54, 1.807) is 0 Å². The van der Waals surface area contributed by atoms with E-state index in [0.29, 0.717) is 0 Å². The van der Waals surface area contributed by atoms with Gasteiger partial charge < -0.3 is 4.74 Å². The lowest BCUT2D eigenvalue weighted by Gasteiger charge is -2.25. The third-order valence-electron chi connectivity index (χ3n) is 9.15. The summed E-state index contributed by atoms with van der Waals surface area (Å²) < 4.78 is 6.73. The molecule has 1 nitrogen and oxygen atoms in total. The van der Waals surface area contributed by atoms with Gasteiger partial charge in [-0.05, 0) is 89.5 Å². The first-order valence-corrected chi connectivity index (χ1v) is 14.2. The van der Waals surface area contributed by atoms with Crippen LogP contribution in [0.5, 0.6) is 11.5 Å². The third kappa shape index (κ3) is 2.70. The topological polar surface area (TPSA) is 9.23 Å². The van der Waals surface area contributed by atoms with E-state index in [4.69, 9.17) is 4.74 Å². The van der Waals surface area contributed by atoms with Crippen LogP contribution < -0.4 is 4.74 Å². The molecule has 0 radical (unpaired) electrons. The van der Waals surface area contributed by atoms with Gasteiger partial charge in [0, 0.05) is 16.3 Å². The van der Waals surface area contributed by atoms with Gasteiger partial charge in [-0.1, -0.05) is 115 Å². The highest BCUT2D eigenvalue weighted by atomic mass is 16.5. The summed E-state index contributed by atoms with van der Waals surface area (Å²) in [4.78, 5) is 0. The van der Waals surface area contributed by atoms with Crippen molar-refractivity contribution in [2.75, 3.05) is 0 Å². The number of fused-ring (bicyclic) bond motifs is 8. The molecule has 1 heterocycles. The summed E-state index contributed by atoms with van der Waals surface area (Å²) in [6, 6.07) is 48.8. The van der Waals surface area contributed by atoms with E-state index in [1.807, 2.05) is 0 Å². The van der Waals surface area contributed by atoms with Crippen molar-refractivity contribution in [3.05, 3.63) is 133 Å². The molecule has 1 aliphatic heterocycles. The zero-order valence-electron chi connectivity index (χ0n) is 22.1. The first kappa shape index (κ1) is 21.4. The second kappa shape index (κ2) is 7.62. The summed E-state index contributed by atoms with van der Waals surface area (Å²) in [7, 11) is 0. The second-order valence-corrected chi connectivity index (χ2v) is 11.2. The van der Waals surface area contributed by atoms with Gasteiger partial charge in [-0.3, -0.25) is 0 Å². The Bertz CT molecular complexity index is 2440. The summed E-state index contributed by atoms with van der Waals surface area (Å²) in [5.74, 6) is 1.87. The minimum Gasteiger partial charge on any atom is -0.455 e. The van der Waals surface area contributed by atoms with Crippen LogP contribution in [0.3, 0.4) is 0 Å². The Morgan fingerprint density at radius 1 is 0.341 bits per heavy atom. The number of hydrogen-bond acceptors (Lipinski definition) is 1. The number of hydrogen-bond donors (Lipinski definition) is 0. The number of ether oxygens (including phenoxy) is 1. The van der Waals surface area contributed by atoms with Crippen molar-refractivity contribution in [1.29, 1.82) is 0 Å². The average molecular weight is 519 g/mol. The molecule has 0 fully saturated rings. The fourth-order valence-electron chi connectivity index (χ4n) is 7.48. The van der Waals surface area contributed by atoms with Gasteiger partial charge in [-0.2, -0.15) is 0 Å². The molecule has 0 saturated heterocycles. The van der Waals surface area contributed by atoms with E-state index in [9.17, 15) is 0 Å². The monoisotopic (exact) mass is 518 g/mol. The molecule has 41 heavy (non-hydrogen) atoms. The van der Waals surface area contributed by atoms with E-state index in [0.717, 1.165) is 22.4 Å². The van der Waals surface area contributed by atoms with Gasteiger partial charge in [0.2, 0.25) is 0 Å². The largest absolute Gasteiger partial charge is 0.455 e. The van der Waals surface area contributed by atoms with Gasteiger partial charge in [0.25, 0.3) is 0 Å². The van der Waals surface area contributed by atoms with E-state index >= 15 is 0 Å². The van der Waals surface area contributed by atoms with Crippen molar-refractivity contribution >= 4 is 43.1 Å². The van der Waals surface area contributed by atoms with Gasteiger partial charge in [0.1, 0.15) is 11.5 Å². The summed E-state index contributed by atoms with van der Waals surface area (Å²) in [5.41, 5.74) is 10.2. The molecule has 0 saturated carbocycles. The Morgan fingerprint density at radius 3 is 1.76 bits per heavy atom. The molecule has 10 rings (SSSR count). The van der Waals surface area contributed by atoms with Crippen LogP contribution in [0.2, 0.25) is 0 Å². The van der Waals surface area contributed by atoms with Crippen molar-refractivity contribution in [3.8, 4) is 56.0 Å². The lowest BCUT2D eigenvalue weighted by atomic mass is 9.83. The first-order valence-electron chi connectivity index (χ1n) is 14.2. The van der Waals surface area contributed by atoms with Crippen LogP contribution in [0.1, 0.15) is 0 Å². The SMILES string of the molecule is c1ccc2c(-c3cc4c(c5ccccc35)Oc3cccc5cccc-4c35)c3c(cc2c1)-c1cccc2cccc-3c12. The Morgan fingerprint density at radius 2 is 0.951 bits per heavy atom. The van der Waals surface area contributed by atoms with Gasteiger partial charge in [-0.15, -0.1) is 0 Å². The fourth-order valence-corrected chi connectivity index (χ4v) is 7.48. The van der Waals surface area contributed by atoms with Crippen molar-refractivity contribution in [1.82, 2.24) is 0 Å². The molecule has 0 aromatic heterocycles. The number of rotatable bonds is 1. The maximum atomic E-state index is 6.73. The van der Waals surface area contributed by atoms with Crippen LogP contribution in [-0.2, 0) is 0 Å². The second-order valence-electron chi connectivity index (χ2n) is 11.2. The highest BCUT2D eigenvalue weighted by Gasteiger charge is 2.29. The molecule has 0 amide bonds. The zero-order valence-corrected chi connectivity index (χ0v) is 22.1. The quantitative estimate of drug-likeness (QED) is 0.210. The van der Waals surface area contributed by atoms with E-state index < -0.39 is 0 Å². The average Bonchev–Trinajstić information content (AvgIpc) is 3.35. The summed E-state index contributed by atoms with van der Waals surface area (Å²) in [5, 5.41) is 9.91. The van der Waals surface area contributed by atoms with Crippen LogP contribution in [-0.4, -0.2) is 0 Å². The van der Waals surface area contributed by atoms with Crippen molar-refractivity contribution in [2.24, 2.45) is 0 Å². The molecule has 0 unspecified atom stereocenters. The predicted molar refractivity (Wildman–Crippen MR) is 172 cm³/mol. The highest BCUT2D eigenvalue weighted by molar-refractivity contribution is 6.25. The van der Waals surface area contributed by atoms with Crippen LogP contribution >= 0.6 is 0 Å². The normalized spacial score (nSPS) is 12.6. The molecule has 188 valence electrons. The van der Waals surface area contributed by atoms with Crippen LogP contribution in [0.15, 0.2) is 133 Å². The predicted octanol–water partition coefficient (Wildman–Crippen LogP) is 11.4. The standard InChI is InChI=1S/C40H22O/c1-2-14-26-25(9-1)21-32-28-17-5-10-23-11-7-19-31(36(23)28)39(32)38(26)33-22-34-29-18-6-12-24-13-8-20-35(37(24)29)41-40(34)30-16-4-3-15-27(30)33/h1-22H. The van der Waals surface area contributed by atoms with Crippen LogP contribution in [0.25, 0.3) is 87.6 Å². The smallest absolute Gasteiger partial charge is 0.143 e. The van der Waals surface area contributed by atoms with Gasteiger partial charge in [0.15, 0.2) is 0 Å². The molecule has 2 aliphatic rings. The Kier molecular flexibility index (Phi) is 3.98. The molecule has 0 bridgehead atoms. The maximum Gasteiger partial charge on any atom is 0.143 e. The molecule has 0 atom stereocenters. The van der Waals surface area contributed by atoms with E-state index in [1.165, 1.54) is 76.6 Å². The van der Waals surface area contributed by atoms with Crippen molar-refractivity contribution in [3.63, 3.8) is 0 Å². The van der Waals surface area contributed by atoms with Gasteiger partial charge in [0.05, 0.1) is 0 Å². The maximum absolute atomic E-state index is 6.73. The van der Waals surface area contributed by atoms with Crippen LogP contribution in [0.4, 0.5) is 0 Å². The fraction of sp³-hybridized carbons (Fsp3) is 0. The molecule has 1 heteroatoms. The van der Waals surface area contributed by atoms with Crippen LogP contribution in [0, 0.1) is 0 Å².